The Morgan fingerprint density at radius 1 is 1.16 bits per heavy atom. The van der Waals surface area contributed by atoms with Crippen molar-refractivity contribution in [2.45, 2.75) is 6.92 Å². The molecule has 0 aliphatic carbocycles. The van der Waals surface area contributed by atoms with Gasteiger partial charge in [0.25, 0.3) is 5.91 Å². The zero-order valence-corrected chi connectivity index (χ0v) is 10.5. The van der Waals surface area contributed by atoms with Gasteiger partial charge in [-0.25, -0.2) is 4.98 Å². The molecule has 0 spiro atoms. The van der Waals surface area contributed by atoms with Gasteiger partial charge in [-0.05, 0) is 18.4 Å². The minimum absolute atomic E-state index is 0.183. The summed E-state index contributed by atoms with van der Waals surface area (Å²) in [7, 11) is 0. The summed E-state index contributed by atoms with van der Waals surface area (Å²) in [6.45, 7) is 1.81. The van der Waals surface area contributed by atoms with Crippen LogP contribution in [0.1, 0.15) is 16.3 Å². The van der Waals surface area contributed by atoms with Crippen LogP contribution in [0.15, 0.2) is 48.7 Å². The normalized spacial score (nSPS) is 10.6. The molecule has 0 fully saturated rings. The predicted octanol–water partition coefficient (Wildman–Crippen LogP) is 3.12. The lowest BCUT2D eigenvalue weighted by molar-refractivity contribution is 0.102. The largest absolute Gasteiger partial charge is 0.338 e. The Morgan fingerprint density at radius 3 is 2.74 bits per heavy atom. The SMILES string of the molecule is Cc1ncc(C(=O)Nc2cccc3ccccc23)[nH]1. The molecular formula is C15H13N3O. The summed E-state index contributed by atoms with van der Waals surface area (Å²) in [5, 5.41) is 5.03. The van der Waals surface area contributed by atoms with Crippen LogP contribution in [0.3, 0.4) is 0 Å². The molecule has 1 aromatic heterocycles. The smallest absolute Gasteiger partial charge is 0.273 e. The zero-order valence-electron chi connectivity index (χ0n) is 10.5. The monoisotopic (exact) mass is 251 g/mol. The molecule has 1 heterocycles. The molecule has 0 atom stereocenters. The molecule has 0 saturated heterocycles. The molecule has 3 aromatic rings. The van der Waals surface area contributed by atoms with Crippen LogP contribution >= 0.6 is 0 Å². The first-order valence-corrected chi connectivity index (χ1v) is 6.05. The molecule has 2 aromatic carbocycles. The molecule has 0 aliphatic rings. The molecule has 4 nitrogen and oxygen atoms in total. The molecule has 0 saturated carbocycles. The molecule has 19 heavy (non-hydrogen) atoms. The van der Waals surface area contributed by atoms with Gasteiger partial charge in [0.1, 0.15) is 11.5 Å². The highest BCUT2D eigenvalue weighted by Crippen LogP contribution is 2.23. The number of rotatable bonds is 2. The molecule has 2 N–H and O–H groups in total. The van der Waals surface area contributed by atoms with Crippen molar-refractivity contribution in [3.63, 3.8) is 0 Å². The van der Waals surface area contributed by atoms with Gasteiger partial charge in [-0.1, -0.05) is 36.4 Å². The lowest BCUT2D eigenvalue weighted by Crippen LogP contribution is -2.12. The summed E-state index contributed by atoms with van der Waals surface area (Å²) in [5.74, 6) is 0.542. The summed E-state index contributed by atoms with van der Waals surface area (Å²) in [4.78, 5) is 19.0. The number of nitrogens with one attached hydrogen (secondary N) is 2. The van der Waals surface area contributed by atoms with Crippen LogP contribution < -0.4 is 5.32 Å². The van der Waals surface area contributed by atoms with Crippen molar-refractivity contribution in [3.05, 3.63) is 60.2 Å². The van der Waals surface area contributed by atoms with E-state index >= 15 is 0 Å². The fourth-order valence-electron chi connectivity index (χ4n) is 2.06. The van der Waals surface area contributed by atoms with Crippen molar-refractivity contribution < 1.29 is 4.79 Å². The van der Waals surface area contributed by atoms with Crippen molar-refractivity contribution in [3.8, 4) is 0 Å². The number of imidazole rings is 1. The predicted molar refractivity (Wildman–Crippen MR) is 75.2 cm³/mol. The van der Waals surface area contributed by atoms with Crippen LogP contribution in [0.25, 0.3) is 10.8 Å². The van der Waals surface area contributed by atoms with Gasteiger partial charge in [0.15, 0.2) is 0 Å². The molecule has 0 unspecified atom stereocenters. The van der Waals surface area contributed by atoms with Crippen molar-refractivity contribution in [1.29, 1.82) is 0 Å². The average molecular weight is 251 g/mol. The minimum atomic E-state index is -0.183. The van der Waals surface area contributed by atoms with Gasteiger partial charge in [0.2, 0.25) is 0 Å². The molecule has 0 aliphatic heterocycles. The highest BCUT2D eigenvalue weighted by Gasteiger charge is 2.09. The van der Waals surface area contributed by atoms with Crippen molar-refractivity contribution >= 4 is 22.4 Å². The van der Waals surface area contributed by atoms with Gasteiger partial charge in [-0.15, -0.1) is 0 Å². The second-order valence-corrected chi connectivity index (χ2v) is 4.36. The number of anilines is 1. The van der Waals surface area contributed by atoms with Crippen molar-refractivity contribution in [2.75, 3.05) is 5.32 Å². The molecule has 1 amide bonds. The number of carbonyl (C=O) groups is 1. The quantitative estimate of drug-likeness (QED) is 0.735. The molecule has 94 valence electrons. The molecule has 4 heteroatoms. The highest BCUT2D eigenvalue weighted by atomic mass is 16.1. The van der Waals surface area contributed by atoms with Gasteiger partial charge in [-0.2, -0.15) is 0 Å². The Hall–Kier alpha value is -2.62. The molecular weight excluding hydrogens is 238 g/mol. The first-order chi connectivity index (χ1) is 9.24. The van der Waals surface area contributed by atoms with Crippen LogP contribution in [0.5, 0.6) is 0 Å². The van der Waals surface area contributed by atoms with Gasteiger partial charge >= 0.3 is 0 Å². The van der Waals surface area contributed by atoms with E-state index in [1.807, 2.05) is 49.4 Å². The van der Waals surface area contributed by atoms with E-state index in [0.29, 0.717) is 5.69 Å². The second kappa shape index (κ2) is 4.57. The number of H-pyrrole nitrogens is 1. The minimum Gasteiger partial charge on any atom is -0.338 e. The van der Waals surface area contributed by atoms with E-state index in [0.717, 1.165) is 22.3 Å². The lowest BCUT2D eigenvalue weighted by Gasteiger charge is -2.07. The standard InChI is InChI=1S/C15H13N3O/c1-10-16-9-14(17-10)15(19)18-13-8-4-6-11-5-2-3-7-12(11)13/h2-9H,1H3,(H,16,17)(H,18,19). The van der Waals surface area contributed by atoms with E-state index in [-0.39, 0.29) is 5.91 Å². The number of aryl methyl sites for hydroxylation is 1. The van der Waals surface area contributed by atoms with Crippen LogP contribution in [0.4, 0.5) is 5.69 Å². The number of carbonyl (C=O) groups excluding carboxylic acids is 1. The van der Waals surface area contributed by atoms with Gasteiger partial charge in [-0.3, -0.25) is 4.79 Å². The third-order valence-electron chi connectivity index (χ3n) is 2.99. The number of benzene rings is 2. The number of nitrogens with zero attached hydrogens (tertiary/aromatic N) is 1. The Kier molecular flexibility index (Phi) is 2.76. The van der Waals surface area contributed by atoms with Crippen LogP contribution in [0.2, 0.25) is 0 Å². The lowest BCUT2D eigenvalue weighted by atomic mass is 10.1. The average Bonchev–Trinajstić information content (AvgIpc) is 2.86. The Balaban J connectivity index is 1.95. The maximum absolute atomic E-state index is 12.1. The van der Waals surface area contributed by atoms with E-state index in [9.17, 15) is 4.79 Å². The van der Waals surface area contributed by atoms with E-state index in [2.05, 4.69) is 15.3 Å². The van der Waals surface area contributed by atoms with Crippen molar-refractivity contribution in [1.82, 2.24) is 9.97 Å². The Bertz CT molecular complexity index is 740. The molecule has 0 bridgehead atoms. The maximum atomic E-state index is 12.1. The van der Waals surface area contributed by atoms with Gasteiger partial charge in [0.05, 0.1) is 6.20 Å². The summed E-state index contributed by atoms with van der Waals surface area (Å²) in [6, 6.07) is 13.8. The van der Waals surface area contributed by atoms with Crippen LogP contribution in [-0.2, 0) is 0 Å². The summed E-state index contributed by atoms with van der Waals surface area (Å²) in [6.07, 6.45) is 1.54. The number of aromatic amines is 1. The highest BCUT2D eigenvalue weighted by molar-refractivity contribution is 6.08. The Morgan fingerprint density at radius 2 is 1.95 bits per heavy atom. The third kappa shape index (κ3) is 2.20. The first kappa shape index (κ1) is 11.5. The molecule has 3 rings (SSSR count). The molecule has 0 radical (unpaired) electrons. The number of hydrogen-bond acceptors (Lipinski definition) is 2. The topological polar surface area (TPSA) is 57.8 Å². The zero-order chi connectivity index (χ0) is 13.2. The summed E-state index contributed by atoms with van der Waals surface area (Å²) in [5.41, 5.74) is 1.26. The Labute approximate surface area is 110 Å². The fourth-order valence-corrected chi connectivity index (χ4v) is 2.06. The number of amides is 1. The number of fused-ring (bicyclic) bond motifs is 1. The van der Waals surface area contributed by atoms with E-state index in [4.69, 9.17) is 0 Å². The van der Waals surface area contributed by atoms with E-state index < -0.39 is 0 Å². The van der Waals surface area contributed by atoms with E-state index in [1.165, 1.54) is 6.20 Å². The van der Waals surface area contributed by atoms with Crippen molar-refractivity contribution in [2.24, 2.45) is 0 Å². The summed E-state index contributed by atoms with van der Waals surface area (Å²) < 4.78 is 0. The number of aromatic nitrogens is 2. The number of hydrogen-bond donors (Lipinski definition) is 2. The second-order valence-electron chi connectivity index (χ2n) is 4.36. The van der Waals surface area contributed by atoms with Gasteiger partial charge in [0, 0.05) is 11.1 Å². The third-order valence-corrected chi connectivity index (χ3v) is 2.99. The van der Waals surface area contributed by atoms with E-state index in [1.54, 1.807) is 0 Å². The van der Waals surface area contributed by atoms with Gasteiger partial charge < -0.3 is 10.3 Å². The van der Waals surface area contributed by atoms with Crippen LogP contribution in [-0.4, -0.2) is 15.9 Å². The summed E-state index contributed by atoms with van der Waals surface area (Å²) >= 11 is 0. The maximum Gasteiger partial charge on any atom is 0.273 e. The first-order valence-electron chi connectivity index (χ1n) is 6.05. The van der Waals surface area contributed by atoms with Crippen LogP contribution in [0, 0.1) is 6.92 Å². The fraction of sp³-hybridized carbons (Fsp3) is 0.0667.